The molecular formula is C20H25N3O4. The molecule has 1 fully saturated rings. The van der Waals surface area contributed by atoms with Crippen LogP contribution in [0.4, 0.5) is 0 Å². The number of rotatable bonds is 8. The number of carbonyl (C=O) groups is 2. The fourth-order valence-electron chi connectivity index (χ4n) is 2.98. The van der Waals surface area contributed by atoms with Crippen LogP contribution in [0.3, 0.4) is 0 Å². The van der Waals surface area contributed by atoms with Gasteiger partial charge in [-0.2, -0.15) is 5.26 Å². The summed E-state index contributed by atoms with van der Waals surface area (Å²) in [6.07, 6.45) is 6.80. The minimum atomic E-state index is -0.590. The summed E-state index contributed by atoms with van der Waals surface area (Å²) < 4.78 is 10.8. The van der Waals surface area contributed by atoms with E-state index in [-0.39, 0.29) is 24.1 Å². The molecule has 1 aromatic rings. The van der Waals surface area contributed by atoms with E-state index in [1.54, 1.807) is 18.2 Å². The molecule has 1 aliphatic carbocycles. The Labute approximate surface area is 159 Å². The van der Waals surface area contributed by atoms with E-state index in [4.69, 9.17) is 15.2 Å². The smallest absolute Gasteiger partial charge is 0.262 e. The van der Waals surface area contributed by atoms with Crippen molar-refractivity contribution < 1.29 is 19.1 Å². The highest BCUT2D eigenvalue weighted by atomic mass is 16.5. The lowest BCUT2D eigenvalue weighted by atomic mass is 9.95. The summed E-state index contributed by atoms with van der Waals surface area (Å²) in [4.78, 5) is 23.3. The van der Waals surface area contributed by atoms with Crippen LogP contribution in [0.1, 0.15) is 44.6 Å². The van der Waals surface area contributed by atoms with Gasteiger partial charge in [0.15, 0.2) is 18.1 Å². The number of ether oxygens (including phenoxy) is 2. The molecule has 0 saturated heterocycles. The van der Waals surface area contributed by atoms with Crippen LogP contribution in [0.5, 0.6) is 11.5 Å². The molecule has 27 heavy (non-hydrogen) atoms. The molecule has 0 heterocycles. The first-order chi connectivity index (χ1) is 13.0. The molecule has 0 radical (unpaired) electrons. The lowest BCUT2D eigenvalue weighted by Crippen LogP contribution is -2.36. The lowest BCUT2D eigenvalue weighted by molar-refractivity contribution is -0.120. The van der Waals surface area contributed by atoms with Crippen molar-refractivity contribution in [3.8, 4) is 17.6 Å². The van der Waals surface area contributed by atoms with E-state index in [1.165, 1.54) is 12.5 Å². The zero-order valence-electron chi connectivity index (χ0n) is 15.5. The van der Waals surface area contributed by atoms with Gasteiger partial charge in [-0.25, -0.2) is 0 Å². The van der Waals surface area contributed by atoms with Gasteiger partial charge >= 0.3 is 0 Å². The summed E-state index contributed by atoms with van der Waals surface area (Å²) in [5.74, 6) is -0.167. The van der Waals surface area contributed by atoms with Crippen molar-refractivity contribution in [1.29, 1.82) is 5.26 Å². The van der Waals surface area contributed by atoms with Crippen LogP contribution in [0.25, 0.3) is 6.08 Å². The largest absolute Gasteiger partial charge is 0.490 e. The molecular weight excluding hydrogens is 346 g/mol. The van der Waals surface area contributed by atoms with Gasteiger partial charge in [0.1, 0.15) is 11.6 Å². The lowest BCUT2D eigenvalue weighted by Gasteiger charge is -2.22. The van der Waals surface area contributed by atoms with Gasteiger partial charge in [0.25, 0.3) is 11.8 Å². The maximum atomic E-state index is 12.4. The third kappa shape index (κ3) is 6.33. The van der Waals surface area contributed by atoms with E-state index in [0.29, 0.717) is 23.7 Å². The van der Waals surface area contributed by atoms with E-state index in [2.05, 4.69) is 5.32 Å². The zero-order chi connectivity index (χ0) is 19.6. The molecule has 1 saturated carbocycles. The van der Waals surface area contributed by atoms with E-state index in [0.717, 1.165) is 25.7 Å². The molecule has 0 aliphatic heterocycles. The minimum absolute atomic E-state index is 0.0360. The van der Waals surface area contributed by atoms with Crippen LogP contribution in [-0.4, -0.2) is 31.1 Å². The van der Waals surface area contributed by atoms with Crippen molar-refractivity contribution >= 4 is 17.9 Å². The number of primary amides is 1. The van der Waals surface area contributed by atoms with Crippen LogP contribution >= 0.6 is 0 Å². The molecule has 0 unspecified atom stereocenters. The summed E-state index contributed by atoms with van der Waals surface area (Å²) in [6.45, 7) is 1.95. The predicted octanol–water partition coefficient (Wildman–Crippen LogP) is 2.31. The monoisotopic (exact) mass is 371 g/mol. The molecule has 3 N–H and O–H groups in total. The molecule has 144 valence electrons. The Morgan fingerprint density at radius 2 is 2.00 bits per heavy atom. The molecule has 0 atom stereocenters. The second-order valence-corrected chi connectivity index (χ2v) is 6.37. The number of nitrogens with two attached hydrogens (primary N) is 1. The summed E-state index contributed by atoms with van der Waals surface area (Å²) in [7, 11) is 0. The van der Waals surface area contributed by atoms with Gasteiger partial charge in [-0.1, -0.05) is 25.3 Å². The fraction of sp³-hybridized carbons (Fsp3) is 0.450. The van der Waals surface area contributed by atoms with Gasteiger partial charge < -0.3 is 20.5 Å². The van der Waals surface area contributed by atoms with Crippen LogP contribution in [0, 0.1) is 11.3 Å². The first kappa shape index (κ1) is 20.3. The second-order valence-electron chi connectivity index (χ2n) is 6.37. The number of amides is 2. The molecule has 7 nitrogen and oxygen atoms in total. The summed E-state index contributed by atoms with van der Waals surface area (Å²) in [5, 5.41) is 12.3. The summed E-state index contributed by atoms with van der Waals surface area (Å²) >= 11 is 0. The Bertz CT molecular complexity index is 746. The van der Waals surface area contributed by atoms with Crippen molar-refractivity contribution in [2.75, 3.05) is 13.2 Å². The number of benzene rings is 1. The SMILES string of the molecule is CCOc1cc(C=C(C#N)C(=O)NC2CCCCC2)ccc1OCC(N)=O. The molecule has 1 aromatic carbocycles. The van der Waals surface area contributed by atoms with E-state index in [9.17, 15) is 14.9 Å². The predicted molar refractivity (Wildman–Crippen MR) is 101 cm³/mol. The van der Waals surface area contributed by atoms with Gasteiger partial charge in [0.2, 0.25) is 0 Å². The van der Waals surface area contributed by atoms with Crippen LogP contribution in [0.2, 0.25) is 0 Å². The Morgan fingerprint density at radius 1 is 1.26 bits per heavy atom. The molecule has 1 aliphatic rings. The Kier molecular flexibility index (Phi) is 7.68. The average Bonchev–Trinajstić information content (AvgIpc) is 2.66. The number of hydrogen-bond acceptors (Lipinski definition) is 5. The normalized spacial score (nSPS) is 14.9. The highest BCUT2D eigenvalue weighted by molar-refractivity contribution is 6.01. The maximum Gasteiger partial charge on any atom is 0.262 e. The van der Waals surface area contributed by atoms with Gasteiger partial charge in [-0.05, 0) is 43.5 Å². The number of nitriles is 1. The highest BCUT2D eigenvalue weighted by Gasteiger charge is 2.18. The third-order valence-electron chi connectivity index (χ3n) is 4.25. The maximum absolute atomic E-state index is 12.4. The Morgan fingerprint density at radius 3 is 2.63 bits per heavy atom. The van der Waals surface area contributed by atoms with Crippen molar-refractivity contribution in [1.82, 2.24) is 5.32 Å². The van der Waals surface area contributed by atoms with Crippen molar-refractivity contribution in [3.05, 3.63) is 29.3 Å². The van der Waals surface area contributed by atoms with Gasteiger partial charge in [0.05, 0.1) is 6.61 Å². The summed E-state index contributed by atoms with van der Waals surface area (Å²) in [5.41, 5.74) is 5.75. The molecule has 0 aromatic heterocycles. The van der Waals surface area contributed by atoms with Gasteiger partial charge in [-0.3, -0.25) is 9.59 Å². The first-order valence-electron chi connectivity index (χ1n) is 9.14. The molecule has 2 amide bonds. The van der Waals surface area contributed by atoms with Gasteiger partial charge in [-0.15, -0.1) is 0 Å². The first-order valence-corrected chi connectivity index (χ1v) is 9.14. The number of nitrogens with one attached hydrogen (secondary N) is 1. The third-order valence-corrected chi connectivity index (χ3v) is 4.25. The zero-order valence-corrected chi connectivity index (χ0v) is 15.5. The fourth-order valence-corrected chi connectivity index (χ4v) is 2.98. The minimum Gasteiger partial charge on any atom is -0.490 e. The number of carbonyl (C=O) groups excluding carboxylic acids is 2. The topological polar surface area (TPSA) is 114 Å². The Balaban J connectivity index is 2.15. The standard InChI is InChI=1S/C20H25N3O4/c1-2-26-18-11-14(8-9-17(18)27-13-19(22)24)10-15(12-21)20(25)23-16-6-4-3-5-7-16/h8-11,16H,2-7,13H2,1H3,(H2,22,24)(H,23,25). The number of nitrogens with zero attached hydrogens (tertiary/aromatic N) is 1. The number of hydrogen-bond donors (Lipinski definition) is 2. The van der Waals surface area contributed by atoms with E-state index in [1.807, 2.05) is 13.0 Å². The van der Waals surface area contributed by atoms with E-state index < -0.39 is 5.91 Å². The molecule has 0 bridgehead atoms. The van der Waals surface area contributed by atoms with Gasteiger partial charge in [0, 0.05) is 6.04 Å². The van der Waals surface area contributed by atoms with E-state index >= 15 is 0 Å². The summed E-state index contributed by atoms with van der Waals surface area (Å²) in [6, 6.07) is 7.05. The van der Waals surface area contributed by atoms with Crippen LogP contribution < -0.4 is 20.5 Å². The quantitative estimate of drug-likeness (QED) is 0.537. The van der Waals surface area contributed by atoms with Crippen LogP contribution in [0.15, 0.2) is 23.8 Å². The Hall–Kier alpha value is -3.01. The van der Waals surface area contributed by atoms with Crippen molar-refractivity contribution in [2.45, 2.75) is 45.1 Å². The second kappa shape index (κ2) is 10.2. The van der Waals surface area contributed by atoms with Crippen molar-refractivity contribution in [3.63, 3.8) is 0 Å². The molecule has 0 spiro atoms. The average molecular weight is 371 g/mol. The molecule has 7 heteroatoms. The molecule has 2 rings (SSSR count). The van der Waals surface area contributed by atoms with Crippen LogP contribution in [-0.2, 0) is 9.59 Å². The van der Waals surface area contributed by atoms with Crippen molar-refractivity contribution in [2.24, 2.45) is 5.73 Å². The highest BCUT2D eigenvalue weighted by Crippen LogP contribution is 2.29.